The summed E-state index contributed by atoms with van der Waals surface area (Å²) in [6.45, 7) is 4.34. The van der Waals surface area contributed by atoms with E-state index in [0.29, 0.717) is 12.5 Å². The Morgan fingerprint density at radius 1 is 1.70 bits per heavy atom. The zero-order chi connectivity index (χ0) is 7.40. The average molecular weight is 142 g/mol. The summed E-state index contributed by atoms with van der Waals surface area (Å²) >= 11 is 0. The van der Waals surface area contributed by atoms with Gasteiger partial charge in [0.15, 0.2) is 6.29 Å². The van der Waals surface area contributed by atoms with Crippen molar-refractivity contribution in [3.8, 4) is 0 Å². The van der Waals surface area contributed by atoms with Gasteiger partial charge in [0.25, 0.3) is 0 Å². The number of rotatable bonds is 3. The molecular weight excluding hydrogens is 128 g/mol. The van der Waals surface area contributed by atoms with E-state index in [1.54, 1.807) is 0 Å². The molecular formula is C8H14O2. The van der Waals surface area contributed by atoms with E-state index < -0.39 is 6.29 Å². The summed E-state index contributed by atoms with van der Waals surface area (Å²) in [4.78, 5) is 0. The van der Waals surface area contributed by atoms with Gasteiger partial charge < -0.3 is 9.84 Å². The highest BCUT2D eigenvalue weighted by Crippen LogP contribution is 2.23. The summed E-state index contributed by atoms with van der Waals surface area (Å²) in [5.41, 5.74) is 0. The van der Waals surface area contributed by atoms with Gasteiger partial charge in [-0.1, -0.05) is 6.08 Å². The molecule has 0 aliphatic carbocycles. The summed E-state index contributed by atoms with van der Waals surface area (Å²) in [6.07, 6.45) is 4.34. The highest BCUT2D eigenvalue weighted by Gasteiger charge is 2.24. The second-order valence-electron chi connectivity index (χ2n) is 2.68. The molecule has 0 aromatic rings. The first-order chi connectivity index (χ1) is 4.84. The Hall–Kier alpha value is -0.340. The summed E-state index contributed by atoms with van der Waals surface area (Å²) < 4.78 is 4.98. The monoisotopic (exact) mass is 142 g/mol. The fourth-order valence-electron chi connectivity index (χ4n) is 1.24. The molecule has 58 valence electrons. The van der Waals surface area contributed by atoms with Crippen molar-refractivity contribution in [3.63, 3.8) is 0 Å². The summed E-state index contributed by atoms with van der Waals surface area (Å²) in [5.74, 6) is 0.345. The minimum absolute atomic E-state index is 0.345. The molecule has 1 saturated heterocycles. The number of aliphatic hydroxyl groups is 1. The van der Waals surface area contributed by atoms with Crippen LogP contribution in [0.4, 0.5) is 0 Å². The van der Waals surface area contributed by atoms with Gasteiger partial charge in [0.2, 0.25) is 0 Å². The summed E-state index contributed by atoms with van der Waals surface area (Å²) in [6, 6.07) is 0. The molecule has 0 spiro atoms. The van der Waals surface area contributed by atoms with Crippen LogP contribution in [0.3, 0.4) is 0 Å². The van der Waals surface area contributed by atoms with Crippen molar-refractivity contribution in [2.75, 3.05) is 6.61 Å². The van der Waals surface area contributed by atoms with Crippen LogP contribution in [0.5, 0.6) is 0 Å². The van der Waals surface area contributed by atoms with Gasteiger partial charge in [0, 0.05) is 5.92 Å². The van der Waals surface area contributed by atoms with E-state index in [9.17, 15) is 0 Å². The van der Waals surface area contributed by atoms with Crippen molar-refractivity contribution in [1.82, 2.24) is 0 Å². The van der Waals surface area contributed by atoms with Crippen molar-refractivity contribution in [2.45, 2.75) is 25.6 Å². The Morgan fingerprint density at radius 2 is 2.50 bits per heavy atom. The Kier molecular flexibility index (Phi) is 2.90. The topological polar surface area (TPSA) is 29.5 Å². The summed E-state index contributed by atoms with van der Waals surface area (Å²) in [7, 11) is 0. The third kappa shape index (κ3) is 1.82. The molecule has 2 atom stereocenters. The first-order valence-electron chi connectivity index (χ1n) is 3.75. The lowest BCUT2D eigenvalue weighted by Crippen LogP contribution is -2.13. The largest absolute Gasteiger partial charge is 0.368 e. The average Bonchev–Trinajstić information content (AvgIpc) is 2.31. The second kappa shape index (κ2) is 3.74. The Bertz CT molecular complexity index is 112. The lowest BCUT2D eigenvalue weighted by Gasteiger charge is -2.10. The molecule has 0 saturated carbocycles. The van der Waals surface area contributed by atoms with E-state index >= 15 is 0 Å². The fourth-order valence-corrected chi connectivity index (χ4v) is 1.24. The van der Waals surface area contributed by atoms with Crippen molar-refractivity contribution < 1.29 is 9.84 Å². The van der Waals surface area contributed by atoms with Gasteiger partial charge in [0.1, 0.15) is 0 Å². The molecule has 0 aromatic carbocycles. The smallest absolute Gasteiger partial charge is 0.157 e. The van der Waals surface area contributed by atoms with Crippen molar-refractivity contribution >= 4 is 0 Å². The number of hydrogen-bond donors (Lipinski definition) is 1. The molecule has 0 amide bonds. The molecule has 2 heteroatoms. The maximum atomic E-state index is 9.16. The molecule has 0 aromatic heterocycles. The van der Waals surface area contributed by atoms with E-state index in [1.165, 1.54) is 0 Å². The third-order valence-electron chi connectivity index (χ3n) is 1.92. The molecule has 0 bridgehead atoms. The van der Waals surface area contributed by atoms with E-state index in [4.69, 9.17) is 9.84 Å². The molecule has 1 fully saturated rings. The predicted molar refractivity (Wildman–Crippen MR) is 39.5 cm³/mol. The number of allylic oxidation sites excluding steroid dienone is 1. The van der Waals surface area contributed by atoms with Crippen molar-refractivity contribution in [2.24, 2.45) is 5.92 Å². The Morgan fingerprint density at radius 3 is 3.00 bits per heavy atom. The van der Waals surface area contributed by atoms with Crippen LogP contribution in [0.1, 0.15) is 19.3 Å². The standard InChI is InChI=1S/C8H14O2/c1-2-3-4-7-5-6-10-8(7)9/h2,7-9H,1,3-6H2/t7-,8-/m1/s1. The number of aliphatic hydroxyl groups excluding tert-OH is 1. The molecule has 10 heavy (non-hydrogen) atoms. The molecule has 1 rings (SSSR count). The second-order valence-corrected chi connectivity index (χ2v) is 2.68. The van der Waals surface area contributed by atoms with Crippen LogP contribution in [-0.4, -0.2) is 18.0 Å². The first-order valence-corrected chi connectivity index (χ1v) is 3.75. The van der Waals surface area contributed by atoms with Gasteiger partial charge in [-0.2, -0.15) is 0 Å². The van der Waals surface area contributed by atoms with Crippen LogP contribution in [0.2, 0.25) is 0 Å². The first kappa shape index (κ1) is 7.76. The fraction of sp³-hybridized carbons (Fsp3) is 0.750. The van der Waals surface area contributed by atoms with E-state index in [-0.39, 0.29) is 0 Å². The van der Waals surface area contributed by atoms with Gasteiger partial charge in [-0.15, -0.1) is 6.58 Å². The molecule has 1 aliphatic heterocycles. The van der Waals surface area contributed by atoms with Gasteiger partial charge in [0.05, 0.1) is 6.61 Å². The van der Waals surface area contributed by atoms with E-state index in [2.05, 4.69) is 6.58 Å². The zero-order valence-electron chi connectivity index (χ0n) is 6.12. The lowest BCUT2D eigenvalue weighted by molar-refractivity contribution is -0.0831. The molecule has 1 aliphatic rings. The molecule has 1 N–H and O–H groups in total. The van der Waals surface area contributed by atoms with Crippen molar-refractivity contribution in [1.29, 1.82) is 0 Å². The SMILES string of the molecule is C=CCC[C@@H]1CCO[C@H]1O. The van der Waals surface area contributed by atoms with Crippen LogP contribution in [0.15, 0.2) is 12.7 Å². The van der Waals surface area contributed by atoms with Crippen molar-refractivity contribution in [3.05, 3.63) is 12.7 Å². The number of ether oxygens (including phenoxy) is 1. The van der Waals surface area contributed by atoms with Gasteiger partial charge in [-0.3, -0.25) is 0 Å². The minimum Gasteiger partial charge on any atom is -0.368 e. The molecule has 0 radical (unpaired) electrons. The third-order valence-corrected chi connectivity index (χ3v) is 1.92. The quantitative estimate of drug-likeness (QED) is 0.602. The Balaban J connectivity index is 2.19. The van der Waals surface area contributed by atoms with Gasteiger partial charge >= 0.3 is 0 Å². The summed E-state index contributed by atoms with van der Waals surface area (Å²) in [5, 5.41) is 9.16. The highest BCUT2D eigenvalue weighted by atomic mass is 16.6. The normalized spacial score (nSPS) is 32.5. The van der Waals surface area contributed by atoms with E-state index in [1.807, 2.05) is 6.08 Å². The Labute approximate surface area is 61.5 Å². The highest BCUT2D eigenvalue weighted by molar-refractivity contribution is 4.73. The van der Waals surface area contributed by atoms with E-state index in [0.717, 1.165) is 19.3 Å². The van der Waals surface area contributed by atoms with Crippen LogP contribution >= 0.6 is 0 Å². The van der Waals surface area contributed by atoms with Gasteiger partial charge in [-0.05, 0) is 19.3 Å². The maximum absolute atomic E-state index is 9.16. The lowest BCUT2D eigenvalue weighted by atomic mass is 10.0. The maximum Gasteiger partial charge on any atom is 0.157 e. The van der Waals surface area contributed by atoms with Crippen LogP contribution in [0.25, 0.3) is 0 Å². The number of hydrogen-bond acceptors (Lipinski definition) is 2. The van der Waals surface area contributed by atoms with Crippen LogP contribution in [-0.2, 0) is 4.74 Å². The molecule has 1 heterocycles. The van der Waals surface area contributed by atoms with Crippen LogP contribution in [0, 0.1) is 5.92 Å². The molecule has 2 nitrogen and oxygen atoms in total. The molecule has 0 unspecified atom stereocenters. The zero-order valence-corrected chi connectivity index (χ0v) is 6.12. The predicted octanol–water partition coefficient (Wildman–Crippen LogP) is 1.31. The van der Waals surface area contributed by atoms with Gasteiger partial charge in [-0.25, -0.2) is 0 Å². The van der Waals surface area contributed by atoms with Crippen LogP contribution < -0.4 is 0 Å². The minimum atomic E-state index is -0.514.